The number of carbonyl (C=O) groups excluding carboxylic acids is 2. The average molecular weight is 961 g/mol. The van der Waals surface area contributed by atoms with Gasteiger partial charge >= 0.3 is 0 Å². The van der Waals surface area contributed by atoms with Crippen LogP contribution in [0.4, 0.5) is 22.7 Å². The maximum absolute atomic E-state index is 14.0. The SMILES string of the molecule is CC1(C)CCC(CN2CCN(c3ccc(C(=O)NS(=O)(=O)c4ccc(NC[C@H]5COCCO5)c([N+](=O)[O-])c4)c(Oc4cnc5[nH]ccc5c4)c3)CC2)=C(c2cc(NC(=O)c3ccccc3)cs2)C1. The summed E-state index contributed by atoms with van der Waals surface area (Å²) in [5.41, 5.74) is 5.28. The van der Waals surface area contributed by atoms with Crippen LogP contribution in [0.25, 0.3) is 16.6 Å². The minimum atomic E-state index is -4.60. The van der Waals surface area contributed by atoms with E-state index in [2.05, 4.69) is 55.0 Å². The summed E-state index contributed by atoms with van der Waals surface area (Å²) in [6.07, 6.45) is 5.95. The summed E-state index contributed by atoms with van der Waals surface area (Å²) in [6.45, 7) is 9.75. The molecule has 2 aliphatic heterocycles. The van der Waals surface area contributed by atoms with Crippen molar-refractivity contribution >= 4 is 72.5 Å². The smallest absolute Gasteiger partial charge is 0.293 e. The number of hydrogen-bond donors (Lipinski definition) is 4. The fourth-order valence-electron chi connectivity index (χ4n) is 8.73. The normalized spacial score (nSPS) is 17.7. The first kappa shape index (κ1) is 46.5. The van der Waals surface area contributed by atoms with Gasteiger partial charge in [0.25, 0.3) is 27.5 Å². The number of nitrogens with zero attached hydrogens (tertiary/aromatic N) is 4. The number of hydrogen-bond acceptors (Lipinski definition) is 14. The standard InChI is InChI=1S/C49H52N8O9S2/c1-49(2)14-12-34(41(26-49)45-23-35(31-67-45)53-47(58)32-6-4-3-5-7-32)29-55-16-18-56(19-17-55)36-8-10-40(44(24-36)66-37-22-33-13-15-50-46(33)52-27-37)48(59)54-68(62,63)39-9-11-42(43(25-39)57(60)61)51-28-38-30-64-20-21-65-38/h3-11,13,15,22-25,27,31,38,51H,12,14,16-21,26,28-30H2,1-2H3,(H,50,52)(H,53,58)(H,54,59)/t38-/m0/s1. The fourth-order valence-corrected chi connectivity index (χ4v) is 10.7. The summed E-state index contributed by atoms with van der Waals surface area (Å²) in [7, 11) is -4.60. The highest BCUT2D eigenvalue weighted by molar-refractivity contribution is 7.90. The van der Waals surface area contributed by atoms with Crippen LogP contribution >= 0.6 is 11.3 Å². The average Bonchev–Trinajstić information content (AvgIpc) is 4.02. The molecule has 0 radical (unpaired) electrons. The molecular formula is C49H52N8O9S2. The van der Waals surface area contributed by atoms with Crippen molar-refractivity contribution in [1.82, 2.24) is 19.6 Å². The van der Waals surface area contributed by atoms with Crippen LogP contribution in [0.2, 0.25) is 0 Å². The second-order valence-corrected chi connectivity index (χ2v) is 20.5. The van der Waals surface area contributed by atoms with Crippen LogP contribution in [0.3, 0.4) is 0 Å². The first-order chi connectivity index (χ1) is 32.8. The first-order valence-corrected chi connectivity index (χ1v) is 24.8. The number of ether oxygens (including phenoxy) is 3. The molecule has 9 rings (SSSR count). The third kappa shape index (κ3) is 10.9. The van der Waals surface area contributed by atoms with E-state index >= 15 is 0 Å². The Kier molecular flexibility index (Phi) is 13.6. The molecule has 0 bridgehead atoms. The maximum Gasteiger partial charge on any atom is 0.293 e. The maximum atomic E-state index is 14.0. The molecular weight excluding hydrogens is 909 g/mol. The Morgan fingerprint density at radius 1 is 1.00 bits per heavy atom. The number of nitrogens with one attached hydrogen (secondary N) is 4. The van der Waals surface area contributed by atoms with Crippen LogP contribution in [0, 0.1) is 15.5 Å². The van der Waals surface area contributed by atoms with Crippen molar-refractivity contribution in [2.24, 2.45) is 5.41 Å². The number of rotatable bonds is 15. The molecule has 2 saturated heterocycles. The van der Waals surface area contributed by atoms with Crippen molar-refractivity contribution < 1.29 is 37.1 Å². The van der Waals surface area contributed by atoms with Gasteiger partial charge in [-0.25, -0.2) is 18.1 Å². The molecule has 3 aromatic heterocycles. The molecule has 5 heterocycles. The molecule has 4 N–H and O–H groups in total. The van der Waals surface area contributed by atoms with E-state index in [1.54, 1.807) is 47.9 Å². The molecule has 0 saturated carbocycles. The van der Waals surface area contributed by atoms with Crippen LogP contribution in [-0.4, -0.2) is 105 Å². The van der Waals surface area contributed by atoms with E-state index in [1.165, 1.54) is 40.4 Å². The molecule has 1 aliphatic carbocycles. The van der Waals surface area contributed by atoms with Crippen molar-refractivity contribution in [3.63, 3.8) is 0 Å². The second-order valence-electron chi connectivity index (χ2n) is 17.9. The van der Waals surface area contributed by atoms with Crippen molar-refractivity contribution in [3.8, 4) is 11.5 Å². The van der Waals surface area contributed by atoms with Crippen LogP contribution in [0.1, 0.15) is 58.7 Å². The Balaban J connectivity index is 0.909. The quantitative estimate of drug-likeness (QED) is 0.0564. The summed E-state index contributed by atoms with van der Waals surface area (Å²) in [4.78, 5) is 51.1. The number of piperazine rings is 1. The monoisotopic (exact) mass is 960 g/mol. The molecule has 3 aliphatic rings. The number of amides is 2. The fraction of sp³-hybridized carbons (Fsp3) is 0.327. The summed E-state index contributed by atoms with van der Waals surface area (Å²) in [6, 6.07) is 23.3. The number of carbonyl (C=O) groups is 2. The number of aromatic amines is 1. The van der Waals surface area contributed by atoms with Crippen LogP contribution < -0.4 is 25.0 Å². The Labute approximate surface area is 397 Å². The van der Waals surface area contributed by atoms with Gasteiger partial charge < -0.3 is 34.7 Å². The Hall–Kier alpha value is -6.64. The number of fused-ring (bicyclic) bond motifs is 1. The van der Waals surface area contributed by atoms with E-state index in [4.69, 9.17) is 14.2 Å². The lowest BCUT2D eigenvalue weighted by molar-refractivity contribution is -0.384. The van der Waals surface area contributed by atoms with Crippen molar-refractivity contribution in [2.45, 2.75) is 44.1 Å². The van der Waals surface area contributed by atoms with Gasteiger partial charge in [0.2, 0.25) is 0 Å². The van der Waals surface area contributed by atoms with Crippen molar-refractivity contribution in [2.75, 3.05) is 74.6 Å². The van der Waals surface area contributed by atoms with E-state index in [0.29, 0.717) is 49.9 Å². The molecule has 0 spiro atoms. The molecule has 354 valence electrons. The number of benzene rings is 3. The number of H-pyrrole nitrogens is 1. The summed E-state index contributed by atoms with van der Waals surface area (Å²) < 4.78 is 46.8. The number of thiophene rings is 1. The largest absolute Gasteiger partial charge is 0.455 e. The molecule has 1 atom stereocenters. The Morgan fingerprint density at radius 3 is 2.60 bits per heavy atom. The van der Waals surface area contributed by atoms with Gasteiger partial charge in [-0.2, -0.15) is 0 Å². The van der Waals surface area contributed by atoms with Gasteiger partial charge in [-0.15, -0.1) is 11.3 Å². The lowest BCUT2D eigenvalue weighted by Gasteiger charge is -2.39. The van der Waals surface area contributed by atoms with Gasteiger partial charge in [0.1, 0.15) is 22.8 Å². The molecule has 19 heteroatoms. The van der Waals surface area contributed by atoms with Crippen LogP contribution in [-0.2, 0) is 19.5 Å². The third-order valence-corrected chi connectivity index (χ3v) is 14.8. The van der Waals surface area contributed by atoms with Gasteiger partial charge in [0.05, 0.1) is 53.2 Å². The molecule has 6 aromatic rings. The zero-order valence-corrected chi connectivity index (χ0v) is 39.3. The molecule has 68 heavy (non-hydrogen) atoms. The zero-order chi connectivity index (χ0) is 47.4. The lowest BCUT2D eigenvalue weighted by Crippen LogP contribution is -2.47. The molecule has 3 aromatic carbocycles. The van der Waals surface area contributed by atoms with E-state index in [1.807, 2.05) is 29.6 Å². The Bertz CT molecular complexity index is 2980. The van der Waals surface area contributed by atoms with Gasteiger partial charge in [-0.3, -0.25) is 24.6 Å². The van der Waals surface area contributed by atoms with E-state index in [9.17, 15) is 28.1 Å². The minimum Gasteiger partial charge on any atom is -0.455 e. The van der Waals surface area contributed by atoms with Gasteiger partial charge in [0.15, 0.2) is 0 Å². The van der Waals surface area contributed by atoms with E-state index < -0.39 is 31.4 Å². The Morgan fingerprint density at radius 2 is 1.82 bits per heavy atom. The number of allylic oxidation sites excluding steroid dienone is 1. The number of anilines is 3. The summed E-state index contributed by atoms with van der Waals surface area (Å²) in [5.74, 6) is -0.688. The highest BCUT2D eigenvalue weighted by Gasteiger charge is 2.31. The molecule has 2 amide bonds. The van der Waals surface area contributed by atoms with Crippen molar-refractivity contribution in [3.05, 3.63) is 134 Å². The van der Waals surface area contributed by atoms with E-state index in [-0.39, 0.29) is 41.0 Å². The van der Waals surface area contributed by atoms with Crippen molar-refractivity contribution in [1.29, 1.82) is 0 Å². The van der Waals surface area contributed by atoms with Gasteiger partial charge in [0, 0.05) is 84.5 Å². The summed E-state index contributed by atoms with van der Waals surface area (Å²) in [5, 5.41) is 20.9. The van der Waals surface area contributed by atoms with Crippen LogP contribution in [0.5, 0.6) is 11.5 Å². The topological polar surface area (TPSA) is 210 Å². The first-order valence-electron chi connectivity index (χ1n) is 22.4. The molecule has 0 unspecified atom stereocenters. The zero-order valence-electron chi connectivity index (χ0n) is 37.7. The predicted octanol–water partition coefficient (Wildman–Crippen LogP) is 8.31. The number of nitro benzene ring substituents is 1. The van der Waals surface area contributed by atoms with E-state index in [0.717, 1.165) is 61.7 Å². The minimum absolute atomic E-state index is 0.0660. The summed E-state index contributed by atoms with van der Waals surface area (Å²) >= 11 is 1.66. The number of pyridine rings is 1. The second kappa shape index (κ2) is 19.9. The van der Waals surface area contributed by atoms with Gasteiger partial charge in [-0.05, 0) is 84.8 Å². The lowest BCUT2D eigenvalue weighted by atomic mass is 9.74. The van der Waals surface area contributed by atoms with Gasteiger partial charge in [-0.1, -0.05) is 37.6 Å². The molecule has 17 nitrogen and oxygen atoms in total. The number of nitro groups is 1. The molecule has 2 fully saturated rings. The van der Waals surface area contributed by atoms with Crippen LogP contribution in [0.15, 0.2) is 113 Å². The highest BCUT2D eigenvalue weighted by Crippen LogP contribution is 2.45. The third-order valence-electron chi connectivity index (χ3n) is 12.4. The predicted molar refractivity (Wildman–Crippen MR) is 261 cm³/mol. The highest BCUT2D eigenvalue weighted by atomic mass is 32.2. The number of sulfonamides is 1. The number of aromatic nitrogens is 2.